The number of hydrogen-bond acceptors (Lipinski definition) is 5. The predicted molar refractivity (Wildman–Crippen MR) is 77.3 cm³/mol. The highest BCUT2D eigenvalue weighted by molar-refractivity contribution is 5.91. The topological polar surface area (TPSA) is 80.3 Å². The van der Waals surface area contributed by atoms with E-state index in [4.69, 9.17) is 14.2 Å². The fraction of sp³-hybridized carbons (Fsp3) is 0.500. The van der Waals surface area contributed by atoms with Crippen molar-refractivity contribution in [1.82, 2.24) is 4.90 Å². The highest BCUT2D eigenvalue weighted by Crippen LogP contribution is 2.40. The fourth-order valence-corrected chi connectivity index (χ4v) is 2.28. The first kappa shape index (κ1) is 15.2. The van der Waals surface area contributed by atoms with E-state index in [1.54, 1.807) is 19.1 Å². The molecule has 21 heavy (non-hydrogen) atoms. The standard InChI is InChI=1S/C14H20N2O5/c1-14(18)7-16(8-14)13(17)15-9-5-10(19-2)12(21-4)11(6-9)20-3/h5-6,18H,7-8H2,1-4H3,(H,15,17). The van der Waals surface area contributed by atoms with E-state index in [2.05, 4.69) is 5.32 Å². The molecule has 0 saturated carbocycles. The number of nitrogens with zero attached hydrogens (tertiary/aromatic N) is 1. The summed E-state index contributed by atoms with van der Waals surface area (Å²) >= 11 is 0. The number of rotatable bonds is 4. The molecule has 116 valence electrons. The number of β-amino-alcohol motifs (C(OH)–C–C–N with tert-alkyl or cyclic N) is 1. The summed E-state index contributed by atoms with van der Waals surface area (Å²) in [5, 5.41) is 12.4. The molecule has 0 spiro atoms. The molecule has 0 unspecified atom stereocenters. The Morgan fingerprint density at radius 2 is 1.71 bits per heavy atom. The highest BCUT2D eigenvalue weighted by atomic mass is 16.5. The maximum atomic E-state index is 12.0. The average Bonchev–Trinajstić information content (AvgIpc) is 2.43. The Morgan fingerprint density at radius 1 is 1.19 bits per heavy atom. The minimum absolute atomic E-state index is 0.282. The molecule has 1 aliphatic rings. The maximum absolute atomic E-state index is 12.0. The number of benzene rings is 1. The van der Waals surface area contributed by atoms with Crippen LogP contribution in [0.25, 0.3) is 0 Å². The van der Waals surface area contributed by atoms with E-state index in [0.717, 1.165) is 0 Å². The number of likely N-dealkylation sites (tertiary alicyclic amines) is 1. The molecule has 0 aliphatic carbocycles. The summed E-state index contributed by atoms with van der Waals surface area (Å²) in [5.41, 5.74) is -0.270. The van der Waals surface area contributed by atoms with Gasteiger partial charge in [0.05, 0.1) is 45.7 Å². The second-order valence-corrected chi connectivity index (χ2v) is 5.20. The largest absolute Gasteiger partial charge is 0.493 e. The first-order valence-corrected chi connectivity index (χ1v) is 6.48. The number of carbonyl (C=O) groups is 1. The number of urea groups is 1. The van der Waals surface area contributed by atoms with Crippen molar-refractivity contribution in [1.29, 1.82) is 0 Å². The summed E-state index contributed by atoms with van der Waals surface area (Å²) in [7, 11) is 4.53. The second-order valence-electron chi connectivity index (χ2n) is 5.20. The van der Waals surface area contributed by atoms with Crippen LogP contribution >= 0.6 is 0 Å². The quantitative estimate of drug-likeness (QED) is 0.875. The van der Waals surface area contributed by atoms with Crippen LogP contribution < -0.4 is 19.5 Å². The van der Waals surface area contributed by atoms with Crippen LogP contribution in [0.5, 0.6) is 17.2 Å². The molecule has 1 aromatic carbocycles. The Labute approximate surface area is 123 Å². The molecule has 2 amide bonds. The molecule has 2 N–H and O–H groups in total. The van der Waals surface area contributed by atoms with Crippen LogP contribution in [0.15, 0.2) is 12.1 Å². The van der Waals surface area contributed by atoms with Crippen molar-refractivity contribution in [2.75, 3.05) is 39.7 Å². The Bertz CT molecular complexity index is 511. The van der Waals surface area contributed by atoms with E-state index in [-0.39, 0.29) is 6.03 Å². The molecule has 1 saturated heterocycles. The van der Waals surface area contributed by atoms with Crippen molar-refractivity contribution in [3.8, 4) is 17.2 Å². The van der Waals surface area contributed by atoms with Gasteiger partial charge in [0.2, 0.25) is 5.75 Å². The molecule has 1 heterocycles. The minimum atomic E-state index is -0.799. The summed E-state index contributed by atoms with van der Waals surface area (Å²) in [6, 6.07) is 3.02. The Hall–Kier alpha value is -2.15. The fourth-order valence-electron chi connectivity index (χ4n) is 2.28. The van der Waals surface area contributed by atoms with Crippen LogP contribution in [-0.2, 0) is 0 Å². The van der Waals surface area contributed by atoms with E-state index in [9.17, 15) is 9.90 Å². The van der Waals surface area contributed by atoms with E-state index in [1.165, 1.54) is 26.2 Å². The third-order valence-corrected chi connectivity index (χ3v) is 3.27. The number of amides is 2. The smallest absolute Gasteiger partial charge is 0.322 e. The molecule has 1 aromatic rings. The normalized spacial score (nSPS) is 16.0. The molecular formula is C14H20N2O5. The van der Waals surface area contributed by atoms with Gasteiger partial charge in [-0.1, -0.05) is 0 Å². The van der Waals surface area contributed by atoms with Gasteiger partial charge in [-0.2, -0.15) is 0 Å². The van der Waals surface area contributed by atoms with Crippen LogP contribution in [-0.4, -0.2) is 56.1 Å². The minimum Gasteiger partial charge on any atom is -0.493 e. The molecule has 7 nitrogen and oxygen atoms in total. The van der Waals surface area contributed by atoms with E-state index >= 15 is 0 Å². The number of nitrogens with one attached hydrogen (secondary N) is 1. The number of anilines is 1. The summed E-state index contributed by atoms with van der Waals surface area (Å²) in [6.07, 6.45) is 0. The zero-order valence-corrected chi connectivity index (χ0v) is 12.6. The Balaban J connectivity index is 2.15. The monoisotopic (exact) mass is 296 g/mol. The lowest BCUT2D eigenvalue weighted by atomic mass is 9.98. The number of aliphatic hydroxyl groups is 1. The van der Waals surface area contributed by atoms with Crippen LogP contribution in [0.1, 0.15) is 6.92 Å². The van der Waals surface area contributed by atoms with Gasteiger partial charge in [0, 0.05) is 12.1 Å². The summed E-state index contributed by atoms with van der Waals surface area (Å²) in [4.78, 5) is 13.5. The van der Waals surface area contributed by atoms with Gasteiger partial charge < -0.3 is 29.5 Å². The molecule has 1 aliphatic heterocycles. The van der Waals surface area contributed by atoms with Crippen molar-refractivity contribution >= 4 is 11.7 Å². The molecule has 0 atom stereocenters. The van der Waals surface area contributed by atoms with Crippen LogP contribution in [0.4, 0.5) is 10.5 Å². The number of methoxy groups -OCH3 is 3. The predicted octanol–water partition coefficient (Wildman–Crippen LogP) is 1.31. The average molecular weight is 296 g/mol. The van der Waals surface area contributed by atoms with Gasteiger partial charge in [0.25, 0.3) is 0 Å². The molecule has 1 fully saturated rings. The molecule has 0 aromatic heterocycles. The summed E-state index contributed by atoms with van der Waals surface area (Å²) < 4.78 is 15.7. The summed E-state index contributed by atoms with van der Waals surface area (Å²) in [5.74, 6) is 1.38. The van der Waals surface area contributed by atoms with Gasteiger partial charge >= 0.3 is 6.03 Å². The molecule has 0 bridgehead atoms. The Kier molecular flexibility index (Phi) is 4.13. The molecule has 0 radical (unpaired) electrons. The van der Waals surface area contributed by atoms with Gasteiger partial charge in [-0.3, -0.25) is 0 Å². The van der Waals surface area contributed by atoms with Crippen LogP contribution in [0, 0.1) is 0 Å². The summed E-state index contributed by atoms with van der Waals surface area (Å²) in [6.45, 7) is 2.31. The van der Waals surface area contributed by atoms with Crippen molar-refractivity contribution in [2.45, 2.75) is 12.5 Å². The van der Waals surface area contributed by atoms with Crippen LogP contribution in [0.3, 0.4) is 0 Å². The van der Waals surface area contributed by atoms with Crippen molar-refractivity contribution < 1.29 is 24.1 Å². The molecule has 2 rings (SSSR count). The number of carbonyl (C=O) groups excluding carboxylic acids is 1. The van der Waals surface area contributed by atoms with E-state index < -0.39 is 5.60 Å². The molecular weight excluding hydrogens is 276 g/mol. The zero-order valence-electron chi connectivity index (χ0n) is 12.6. The second kappa shape index (κ2) is 5.69. The van der Waals surface area contributed by atoms with Crippen molar-refractivity contribution in [3.63, 3.8) is 0 Å². The van der Waals surface area contributed by atoms with Gasteiger partial charge in [-0.25, -0.2) is 4.79 Å². The lowest BCUT2D eigenvalue weighted by Gasteiger charge is -2.43. The molecule has 7 heteroatoms. The van der Waals surface area contributed by atoms with Gasteiger partial charge in [-0.15, -0.1) is 0 Å². The first-order valence-electron chi connectivity index (χ1n) is 6.48. The van der Waals surface area contributed by atoms with Crippen LogP contribution in [0.2, 0.25) is 0 Å². The Morgan fingerprint density at radius 3 is 2.10 bits per heavy atom. The lowest BCUT2D eigenvalue weighted by molar-refractivity contribution is -0.0581. The SMILES string of the molecule is COc1cc(NC(=O)N2CC(C)(O)C2)cc(OC)c1OC. The zero-order chi connectivity index (χ0) is 15.6. The van der Waals surface area contributed by atoms with Gasteiger partial charge in [0.1, 0.15) is 0 Å². The number of hydrogen-bond donors (Lipinski definition) is 2. The van der Waals surface area contributed by atoms with Gasteiger partial charge in [0.15, 0.2) is 11.5 Å². The third-order valence-electron chi connectivity index (χ3n) is 3.27. The highest BCUT2D eigenvalue weighted by Gasteiger charge is 2.39. The van der Waals surface area contributed by atoms with E-state index in [0.29, 0.717) is 36.0 Å². The lowest BCUT2D eigenvalue weighted by Crippen LogP contribution is -2.62. The van der Waals surface area contributed by atoms with Crippen molar-refractivity contribution in [2.24, 2.45) is 0 Å². The van der Waals surface area contributed by atoms with E-state index in [1.807, 2.05) is 0 Å². The van der Waals surface area contributed by atoms with Crippen molar-refractivity contribution in [3.05, 3.63) is 12.1 Å². The first-order chi connectivity index (χ1) is 9.90. The van der Waals surface area contributed by atoms with Gasteiger partial charge in [-0.05, 0) is 6.92 Å². The third kappa shape index (κ3) is 3.13. The maximum Gasteiger partial charge on any atom is 0.322 e. The number of ether oxygens (including phenoxy) is 3.